The summed E-state index contributed by atoms with van der Waals surface area (Å²) in [7, 11) is 0. The number of ether oxygens (including phenoxy) is 1. The van der Waals surface area contributed by atoms with Crippen LogP contribution >= 0.6 is 0 Å². The van der Waals surface area contributed by atoms with Crippen molar-refractivity contribution in [2.75, 3.05) is 18.0 Å². The fourth-order valence-corrected chi connectivity index (χ4v) is 5.25. The van der Waals surface area contributed by atoms with Gasteiger partial charge in [0, 0.05) is 24.3 Å². The Hall–Kier alpha value is -4.58. The quantitative estimate of drug-likeness (QED) is 0.246. The van der Waals surface area contributed by atoms with Gasteiger partial charge in [0.1, 0.15) is 17.9 Å². The lowest BCUT2D eigenvalue weighted by Gasteiger charge is -2.33. The Bertz CT molecular complexity index is 1430. The van der Waals surface area contributed by atoms with Crippen LogP contribution in [0.2, 0.25) is 0 Å². The first-order valence-electron chi connectivity index (χ1n) is 13.8. The number of amides is 1. The third-order valence-electron chi connectivity index (χ3n) is 7.26. The molecule has 6 heteroatoms. The maximum Gasteiger partial charge on any atom is 0.339 e. The molecule has 204 valence electrons. The normalized spacial score (nSPS) is 13.8. The molecule has 5 rings (SSSR count). The third kappa shape index (κ3) is 6.70. The molecule has 0 aliphatic carbocycles. The Morgan fingerprint density at radius 1 is 0.800 bits per heavy atom. The van der Waals surface area contributed by atoms with Crippen molar-refractivity contribution in [3.63, 3.8) is 0 Å². The third-order valence-corrected chi connectivity index (χ3v) is 7.26. The molecule has 6 nitrogen and oxygen atoms in total. The molecule has 0 aromatic heterocycles. The lowest BCUT2D eigenvalue weighted by molar-refractivity contribution is -0.120. The number of benzene rings is 4. The molecule has 4 aromatic rings. The summed E-state index contributed by atoms with van der Waals surface area (Å²) in [4.78, 5) is 27.7. The second-order valence-corrected chi connectivity index (χ2v) is 10.1. The minimum Gasteiger partial charge on any atom is -0.488 e. The molecule has 0 spiro atoms. The molecular formula is C34H34N2O4. The summed E-state index contributed by atoms with van der Waals surface area (Å²) < 4.78 is 5.89. The highest BCUT2D eigenvalue weighted by Crippen LogP contribution is 2.33. The number of hydrogen-bond donors (Lipinski definition) is 2. The average Bonchev–Trinajstić information content (AvgIpc) is 3.00. The van der Waals surface area contributed by atoms with Crippen LogP contribution in [0.25, 0.3) is 0 Å². The van der Waals surface area contributed by atoms with Crippen molar-refractivity contribution in [1.82, 2.24) is 5.32 Å². The largest absolute Gasteiger partial charge is 0.488 e. The molecule has 0 radical (unpaired) electrons. The number of piperidine rings is 1. The van der Waals surface area contributed by atoms with Crippen LogP contribution in [-0.4, -0.2) is 30.1 Å². The van der Waals surface area contributed by atoms with Crippen LogP contribution in [0.4, 0.5) is 5.69 Å². The summed E-state index contributed by atoms with van der Waals surface area (Å²) in [5.74, 6) is -0.978. The van der Waals surface area contributed by atoms with Crippen molar-refractivity contribution >= 4 is 17.6 Å². The smallest absolute Gasteiger partial charge is 0.339 e. The van der Waals surface area contributed by atoms with E-state index >= 15 is 0 Å². The second-order valence-electron chi connectivity index (χ2n) is 10.1. The molecule has 1 fully saturated rings. The zero-order chi connectivity index (χ0) is 27.7. The van der Waals surface area contributed by atoms with Crippen molar-refractivity contribution in [3.8, 4) is 5.75 Å². The van der Waals surface area contributed by atoms with Crippen LogP contribution in [0.1, 0.15) is 57.9 Å². The SMILES string of the molecule is O=C(Cc1ccc(C(=O)O)c(OCc2ccccc2)c1)NC(c1ccccc1)c1ccccc1N1CCCCC1. The Morgan fingerprint density at radius 3 is 2.20 bits per heavy atom. The highest BCUT2D eigenvalue weighted by molar-refractivity contribution is 5.91. The van der Waals surface area contributed by atoms with Gasteiger partial charge in [-0.15, -0.1) is 0 Å². The highest BCUT2D eigenvalue weighted by atomic mass is 16.5. The molecule has 40 heavy (non-hydrogen) atoms. The van der Waals surface area contributed by atoms with Crippen LogP contribution in [0.5, 0.6) is 5.75 Å². The van der Waals surface area contributed by atoms with E-state index in [0.29, 0.717) is 5.56 Å². The lowest BCUT2D eigenvalue weighted by atomic mass is 9.95. The fourth-order valence-electron chi connectivity index (χ4n) is 5.25. The maximum atomic E-state index is 13.5. The Balaban J connectivity index is 1.38. The van der Waals surface area contributed by atoms with E-state index in [1.54, 1.807) is 12.1 Å². The monoisotopic (exact) mass is 534 g/mol. The molecule has 1 saturated heterocycles. The number of carboxylic acids is 1. The van der Waals surface area contributed by atoms with Gasteiger partial charge in [0.15, 0.2) is 0 Å². The average molecular weight is 535 g/mol. The van der Waals surface area contributed by atoms with Crippen LogP contribution in [0.15, 0.2) is 103 Å². The molecule has 0 bridgehead atoms. The maximum absolute atomic E-state index is 13.5. The van der Waals surface area contributed by atoms with E-state index in [-0.39, 0.29) is 36.3 Å². The minimum atomic E-state index is -1.07. The van der Waals surface area contributed by atoms with Crippen LogP contribution in [0, 0.1) is 0 Å². The number of carbonyl (C=O) groups excluding carboxylic acids is 1. The number of anilines is 1. The van der Waals surface area contributed by atoms with E-state index in [0.717, 1.165) is 48.3 Å². The van der Waals surface area contributed by atoms with Crippen molar-refractivity contribution < 1.29 is 19.4 Å². The number of hydrogen-bond acceptors (Lipinski definition) is 4. The van der Waals surface area contributed by atoms with E-state index in [4.69, 9.17) is 4.74 Å². The number of nitrogens with zero attached hydrogens (tertiary/aromatic N) is 1. The lowest BCUT2D eigenvalue weighted by Crippen LogP contribution is -2.34. The first kappa shape index (κ1) is 27.0. The summed E-state index contributed by atoms with van der Waals surface area (Å²) in [5, 5.41) is 12.9. The zero-order valence-electron chi connectivity index (χ0n) is 22.5. The van der Waals surface area contributed by atoms with E-state index in [9.17, 15) is 14.7 Å². The van der Waals surface area contributed by atoms with Gasteiger partial charge in [-0.3, -0.25) is 4.79 Å². The topological polar surface area (TPSA) is 78.9 Å². The predicted molar refractivity (Wildman–Crippen MR) is 157 cm³/mol. The van der Waals surface area contributed by atoms with E-state index < -0.39 is 5.97 Å². The van der Waals surface area contributed by atoms with Crippen molar-refractivity contribution in [1.29, 1.82) is 0 Å². The molecule has 2 N–H and O–H groups in total. The number of carboxylic acid groups (broad SMARTS) is 1. The molecule has 1 aliphatic heterocycles. The summed E-state index contributed by atoms with van der Waals surface area (Å²) in [6.07, 6.45) is 3.67. The molecule has 1 unspecified atom stereocenters. The van der Waals surface area contributed by atoms with Crippen LogP contribution < -0.4 is 15.0 Å². The van der Waals surface area contributed by atoms with E-state index in [2.05, 4.69) is 28.4 Å². The van der Waals surface area contributed by atoms with Crippen LogP contribution in [0.3, 0.4) is 0 Å². The molecule has 1 heterocycles. The van der Waals surface area contributed by atoms with Gasteiger partial charge in [-0.25, -0.2) is 4.79 Å². The minimum absolute atomic E-state index is 0.0673. The van der Waals surface area contributed by atoms with Gasteiger partial charge in [0.2, 0.25) is 5.91 Å². The molecule has 4 aromatic carbocycles. The number of para-hydroxylation sites is 1. The van der Waals surface area contributed by atoms with Gasteiger partial charge < -0.3 is 20.1 Å². The summed E-state index contributed by atoms with van der Waals surface area (Å²) in [6, 6.07) is 32.4. The Labute approximate surface area is 235 Å². The van der Waals surface area contributed by atoms with E-state index in [1.165, 1.54) is 12.5 Å². The first-order chi connectivity index (χ1) is 19.6. The fraction of sp³-hybridized carbons (Fsp3) is 0.235. The number of carbonyl (C=O) groups is 2. The second kappa shape index (κ2) is 13.0. The molecule has 0 saturated carbocycles. The molecular weight excluding hydrogens is 500 g/mol. The summed E-state index contributed by atoms with van der Waals surface area (Å²) >= 11 is 0. The molecule has 1 aliphatic rings. The summed E-state index contributed by atoms with van der Waals surface area (Å²) in [5.41, 5.74) is 4.91. The zero-order valence-corrected chi connectivity index (χ0v) is 22.5. The summed E-state index contributed by atoms with van der Waals surface area (Å²) in [6.45, 7) is 2.25. The first-order valence-corrected chi connectivity index (χ1v) is 13.8. The Morgan fingerprint density at radius 2 is 1.48 bits per heavy atom. The van der Waals surface area contributed by atoms with Crippen molar-refractivity contribution in [2.24, 2.45) is 0 Å². The number of nitrogens with one attached hydrogen (secondary N) is 1. The number of aromatic carboxylic acids is 1. The van der Waals surface area contributed by atoms with Gasteiger partial charge in [0.25, 0.3) is 0 Å². The molecule has 1 atom stereocenters. The number of rotatable bonds is 10. The standard InChI is InChI=1S/C34H34N2O4/c37-32(23-26-18-19-29(34(38)39)31(22-26)40-24-25-12-4-1-5-13-25)35-33(27-14-6-2-7-15-27)28-16-8-9-17-30(28)36-20-10-3-11-21-36/h1-2,4-9,12-19,22,33H,3,10-11,20-21,23-24H2,(H,35,37)(H,38,39). The molecule has 1 amide bonds. The van der Waals surface area contributed by atoms with Crippen molar-refractivity contribution in [2.45, 2.75) is 38.3 Å². The Kier molecular flexibility index (Phi) is 8.76. The van der Waals surface area contributed by atoms with E-state index in [1.807, 2.05) is 66.7 Å². The van der Waals surface area contributed by atoms with Gasteiger partial charge in [0.05, 0.1) is 12.5 Å². The van der Waals surface area contributed by atoms with Gasteiger partial charge >= 0.3 is 5.97 Å². The van der Waals surface area contributed by atoms with Crippen molar-refractivity contribution in [3.05, 3.63) is 131 Å². The highest BCUT2D eigenvalue weighted by Gasteiger charge is 2.23. The van der Waals surface area contributed by atoms with Gasteiger partial charge in [-0.2, -0.15) is 0 Å². The van der Waals surface area contributed by atoms with Gasteiger partial charge in [-0.1, -0.05) is 84.9 Å². The van der Waals surface area contributed by atoms with Crippen LogP contribution in [-0.2, 0) is 17.8 Å². The predicted octanol–water partition coefficient (Wildman–Crippen LogP) is 6.40. The van der Waals surface area contributed by atoms with Gasteiger partial charge in [-0.05, 0) is 54.2 Å².